The van der Waals surface area contributed by atoms with Gasteiger partial charge in [-0.25, -0.2) is 9.97 Å². The van der Waals surface area contributed by atoms with Crippen LogP contribution in [0.4, 0.5) is 0 Å². The molecule has 1 aromatic rings. The van der Waals surface area contributed by atoms with E-state index in [0.717, 1.165) is 19.3 Å². The second-order valence-electron chi connectivity index (χ2n) is 5.96. The van der Waals surface area contributed by atoms with E-state index in [9.17, 15) is 9.59 Å². The van der Waals surface area contributed by atoms with E-state index in [2.05, 4.69) is 9.97 Å². The van der Waals surface area contributed by atoms with Gasteiger partial charge in [-0.15, -0.1) is 0 Å². The fraction of sp³-hybridized carbons (Fsp3) is 0.625. The van der Waals surface area contributed by atoms with Crippen LogP contribution in [0.2, 0.25) is 0 Å². The Kier molecular flexibility index (Phi) is 5.65. The van der Waals surface area contributed by atoms with Gasteiger partial charge in [-0.05, 0) is 26.2 Å². The van der Waals surface area contributed by atoms with Crippen molar-refractivity contribution in [2.45, 2.75) is 32.2 Å². The molecule has 0 spiro atoms. The van der Waals surface area contributed by atoms with Gasteiger partial charge in [0.2, 0.25) is 5.91 Å². The Morgan fingerprint density at radius 2 is 2.13 bits per heavy atom. The number of hydrogen-bond acceptors (Lipinski definition) is 5. The molecule has 7 heteroatoms. The van der Waals surface area contributed by atoms with Gasteiger partial charge < -0.3 is 14.5 Å². The van der Waals surface area contributed by atoms with E-state index in [1.54, 1.807) is 32.1 Å². The number of aromatic nitrogens is 2. The molecule has 2 rings (SSSR count). The lowest BCUT2D eigenvalue weighted by atomic mass is 10.0. The number of rotatable bonds is 4. The zero-order valence-electron chi connectivity index (χ0n) is 14.2. The Labute approximate surface area is 136 Å². The standard InChI is InChI=1S/C16H24N4O3/c1-11-12(16(22)19(2)3)9-17-15(18-11)13-7-5-6-8-20(13)14(21)10-23-4/h9,13H,5-8,10H2,1-4H3/t13-/m1/s1. The van der Waals surface area contributed by atoms with Crippen molar-refractivity contribution in [3.63, 3.8) is 0 Å². The summed E-state index contributed by atoms with van der Waals surface area (Å²) in [5.74, 6) is 0.430. The van der Waals surface area contributed by atoms with Crippen molar-refractivity contribution in [2.24, 2.45) is 0 Å². The fourth-order valence-electron chi connectivity index (χ4n) is 2.80. The number of methoxy groups -OCH3 is 1. The van der Waals surface area contributed by atoms with E-state index in [1.807, 2.05) is 0 Å². The van der Waals surface area contributed by atoms with Gasteiger partial charge in [-0.3, -0.25) is 9.59 Å². The third-order valence-electron chi connectivity index (χ3n) is 4.02. The van der Waals surface area contributed by atoms with Crippen LogP contribution in [-0.4, -0.2) is 65.9 Å². The normalized spacial score (nSPS) is 17.9. The third kappa shape index (κ3) is 3.85. The summed E-state index contributed by atoms with van der Waals surface area (Å²) in [6, 6.07) is -0.145. The Bertz CT molecular complexity index is 589. The zero-order chi connectivity index (χ0) is 17.0. The minimum Gasteiger partial charge on any atom is -0.375 e. The van der Waals surface area contributed by atoms with Crippen molar-refractivity contribution < 1.29 is 14.3 Å². The van der Waals surface area contributed by atoms with Gasteiger partial charge in [-0.1, -0.05) is 0 Å². The largest absolute Gasteiger partial charge is 0.375 e. The number of nitrogens with zero attached hydrogens (tertiary/aromatic N) is 4. The van der Waals surface area contributed by atoms with Crippen molar-refractivity contribution in [1.82, 2.24) is 19.8 Å². The van der Waals surface area contributed by atoms with E-state index in [4.69, 9.17) is 4.74 Å². The van der Waals surface area contributed by atoms with E-state index in [1.165, 1.54) is 12.0 Å². The zero-order valence-corrected chi connectivity index (χ0v) is 14.2. The molecule has 1 atom stereocenters. The van der Waals surface area contributed by atoms with Crippen LogP contribution >= 0.6 is 0 Å². The molecule has 0 bridgehead atoms. The Morgan fingerprint density at radius 3 is 2.74 bits per heavy atom. The number of ether oxygens (including phenoxy) is 1. The Hall–Kier alpha value is -2.02. The molecule has 2 heterocycles. The average molecular weight is 320 g/mol. The number of aryl methyl sites for hydroxylation is 1. The van der Waals surface area contributed by atoms with Gasteiger partial charge in [0.1, 0.15) is 6.61 Å². The summed E-state index contributed by atoms with van der Waals surface area (Å²) in [7, 11) is 4.91. The predicted molar refractivity (Wildman–Crippen MR) is 85.0 cm³/mol. The molecule has 1 aliphatic rings. The lowest BCUT2D eigenvalue weighted by molar-refractivity contribution is -0.139. The summed E-state index contributed by atoms with van der Waals surface area (Å²) in [6.45, 7) is 2.55. The second kappa shape index (κ2) is 7.50. The smallest absolute Gasteiger partial charge is 0.256 e. The molecule has 0 N–H and O–H groups in total. The van der Waals surface area contributed by atoms with Gasteiger partial charge in [0.15, 0.2) is 5.82 Å². The van der Waals surface area contributed by atoms with Crippen molar-refractivity contribution in [3.05, 3.63) is 23.3 Å². The van der Waals surface area contributed by atoms with Crippen molar-refractivity contribution in [3.8, 4) is 0 Å². The first-order chi connectivity index (χ1) is 11.0. The maximum Gasteiger partial charge on any atom is 0.256 e. The molecule has 0 aliphatic carbocycles. The summed E-state index contributed by atoms with van der Waals surface area (Å²) in [6.07, 6.45) is 4.40. The lowest BCUT2D eigenvalue weighted by Gasteiger charge is -2.34. The molecule has 0 aromatic carbocycles. The highest BCUT2D eigenvalue weighted by atomic mass is 16.5. The molecule has 0 saturated carbocycles. The monoisotopic (exact) mass is 320 g/mol. The van der Waals surface area contributed by atoms with Crippen LogP contribution in [0.15, 0.2) is 6.20 Å². The number of likely N-dealkylation sites (tertiary alicyclic amines) is 1. The van der Waals surface area contributed by atoms with E-state index in [-0.39, 0.29) is 24.5 Å². The maximum atomic E-state index is 12.2. The van der Waals surface area contributed by atoms with Crippen molar-refractivity contribution in [1.29, 1.82) is 0 Å². The molecule has 1 aromatic heterocycles. The molecule has 1 fully saturated rings. The van der Waals surface area contributed by atoms with Crippen LogP contribution in [0.5, 0.6) is 0 Å². The minimum absolute atomic E-state index is 0.0492. The highest BCUT2D eigenvalue weighted by Gasteiger charge is 2.30. The van der Waals surface area contributed by atoms with Crippen LogP contribution in [-0.2, 0) is 9.53 Å². The van der Waals surface area contributed by atoms with Crippen LogP contribution in [0.25, 0.3) is 0 Å². The van der Waals surface area contributed by atoms with Gasteiger partial charge in [0.05, 0.1) is 17.3 Å². The maximum absolute atomic E-state index is 12.2. The Morgan fingerprint density at radius 1 is 1.39 bits per heavy atom. The molecule has 1 saturated heterocycles. The summed E-state index contributed by atoms with van der Waals surface area (Å²) in [5, 5.41) is 0. The third-order valence-corrected chi connectivity index (χ3v) is 4.02. The highest BCUT2D eigenvalue weighted by molar-refractivity contribution is 5.94. The lowest BCUT2D eigenvalue weighted by Crippen LogP contribution is -2.41. The topological polar surface area (TPSA) is 75.6 Å². The van der Waals surface area contributed by atoms with Gasteiger partial charge >= 0.3 is 0 Å². The molecule has 23 heavy (non-hydrogen) atoms. The second-order valence-corrected chi connectivity index (χ2v) is 5.96. The first kappa shape index (κ1) is 17.3. The minimum atomic E-state index is -0.145. The van der Waals surface area contributed by atoms with Gasteiger partial charge in [-0.2, -0.15) is 0 Å². The van der Waals surface area contributed by atoms with Crippen LogP contribution in [0.3, 0.4) is 0 Å². The number of piperidine rings is 1. The first-order valence-electron chi connectivity index (χ1n) is 7.79. The summed E-state index contributed by atoms with van der Waals surface area (Å²) in [4.78, 5) is 36.4. The van der Waals surface area contributed by atoms with E-state index < -0.39 is 0 Å². The number of hydrogen-bond donors (Lipinski definition) is 0. The van der Waals surface area contributed by atoms with Crippen molar-refractivity contribution >= 4 is 11.8 Å². The van der Waals surface area contributed by atoms with Crippen LogP contribution < -0.4 is 0 Å². The number of carbonyl (C=O) groups excluding carboxylic acids is 2. The fourth-order valence-corrected chi connectivity index (χ4v) is 2.80. The molecular weight excluding hydrogens is 296 g/mol. The number of carbonyl (C=O) groups is 2. The molecule has 0 unspecified atom stereocenters. The van der Waals surface area contributed by atoms with Gasteiger partial charge in [0.25, 0.3) is 5.91 Å². The molecule has 2 amide bonds. The Balaban J connectivity index is 2.27. The molecule has 0 radical (unpaired) electrons. The van der Waals surface area contributed by atoms with Crippen LogP contribution in [0.1, 0.15) is 47.2 Å². The van der Waals surface area contributed by atoms with Gasteiger partial charge in [0, 0.05) is 33.9 Å². The molecular formula is C16H24N4O3. The van der Waals surface area contributed by atoms with E-state index in [0.29, 0.717) is 23.6 Å². The van der Waals surface area contributed by atoms with E-state index >= 15 is 0 Å². The van der Waals surface area contributed by atoms with Crippen LogP contribution in [0, 0.1) is 6.92 Å². The summed E-state index contributed by atoms with van der Waals surface area (Å²) in [5.41, 5.74) is 1.13. The number of amides is 2. The molecule has 7 nitrogen and oxygen atoms in total. The van der Waals surface area contributed by atoms with Crippen molar-refractivity contribution in [2.75, 3.05) is 34.4 Å². The average Bonchev–Trinajstić information content (AvgIpc) is 2.54. The first-order valence-corrected chi connectivity index (χ1v) is 7.79. The highest BCUT2D eigenvalue weighted by Crippen LogP contribution is 2.29. The summed E-state index contributed by atoms with van der Waals surface area (Å²) < 4.78 is 4.96. The quantitative estimate of drug-likeness (QED) is 0.833. The molecule has 1 aliphatic heterocycles. The summed E-state index contributed by atoms with van der Waals surface area (Å²) >= 11 is 0. The molecule has 126 valence electrons. The SMILES string of the molecule is COCC(=O)N1CCCC[C@@H]1c1ncc(C(=O)N(C)C)c(C)n1. The predicted octanol–water partition coefficient (Wildman–Crippen LogP) is 1.19.